The molecule has 19 heavy (non-hydrogen) atoms. The molecule has 3 rings (SSSR count). The average Bonchev–Trinajstić information content (AvgIpc) is 3.02. The van der Waals surface area contributed by atoms with Crippen molar-refractivity contribution >= 4 is 5.69 Å². The van der Waals surface area contributed by atoms with Crippen molar-refractivity contribution in [1.82, 2.24) is 10.1 Å². The molecule has 100 valence electrons. The van der Waals surface area contributed by atoms with Gasteiger partial charge in [0.25, 0.3) is 5.89 Å². The molecule has 1 aromatic carbocycles. The van der Waals surface area contributed by atoms with Gasteiger partial charge in [-0.05, 0) is 38.0 Å². The Bertz CT molecular complexity index is 606. The summed E-state index contributed by atoms with van der Waals surface area (Å²) in [5.41, 5.74) is 6.07. The molecule has 2 heterocycles. The summed E-state index contributed by atoms with van der Waals surface area (Å²) in [6.07, 6.45) is 1.80. The molecule has 6 heteroatoms. The van der Waals surface area contributed by atoms with E-state index >= 15 is 0 Å². The summed E-state index contributed by atoms with van der Waals surface area (Å²) < 4.78 is 24.1. The first-order valence-electron chi connectivity index (χ1n) is 6.12. The minimum absolute atomic E-state index is 0.212. The van der Waals surface area contributed by atoms with E-state index in [-0.39, 0.29) is 5.89 Å². The van der Waals surface area contributed by atoms with Crippen molar-refractivity contribution in [2.45, 2.75) is 25.4 Å². The van der Waals surface area contributed by atoms with E-state index in [1.807, 2.05) is 6.92 Å². The Balaban J connectivity index is 1.99. The highest BCUT2D eigenvalue weighted by molar-refractivity contribution is 5.70. The number of nitrogens with zero attached hydrogens (tertiary/aromatic N) is 2. The second-order valence-corrected chi connectivity index (χ2v) is 4.84. The van der Waals surface area contributed by atoms with Gasteiger partial charge in [0.1, 0.15) is 11.4 Å². The quantitative estimate of drug-likeness (QED) is 0.842. The van der Waals surface area contributed by atoms with Crippen molar-refractivity contribution in [3.8, 4) is 11.5 Å². The highest BCUT2D eigenvalue weighted by Gasteiger charge is 2.36. The Morgan fingerprint density at radius 2 is 2.26 bits per heavy atom. The Labute approximate surface area is 109 Å². The molecule has 0 bridgehead atoms. The van der Waals surface area contributed by atoms with Gasteiger partial charge in [0.15, 0.2) is 0 Å². The van der Waals surface area contributed by atoms with Crippen molar-refractivity contribution in [3.63, 3.8) is 0 Å². The van der Waals surface area contributed by atoms with E-state index in [4.69, 9.17) is 15.0 Å². The van der Waals surface area contributed by atoms with E-state index in [1.165, 1.54) is 18.2 Å². The number of nitrogen functional groups attached to an aromatic ring is 1. The fourth-order valence-corrected chi connectivity index (χ4v) is 2.22. The first-order valence-corrected chi connectivity index (χ1v) is 6.12. The summed E-state index contributed by atoms with van der Waals surface area (Å²) in [6.45, 7) is 2.60. The molecule has 1 aliphatic heterocycles. The summed E-state index contributed by atoms with van der Waals surface area (Å²) in [5.74, 6) is 0.291. The number of benzene rings is 1. The zero-order valence-corrected chi connectivity index (χ0v) is 10.5. The van der Waals surface area contributed by atoms with Crippen molar-refractivity contribution < 1.29 is 13.7 Å². The summed E-state index contributed by atoms with van der Waals surface area (Å²) in [4.78, 5) is 4.29. The molecule has 0 saturated carbocycles. The van der Waals surface area contributed by atoms with E-state index < -0.39 is 11.4 Å². The summed E-state index contributed by atoms with van der Waals surface area (Å²) in [6, 6.07) is 4.05. The van der Waals surface area contributed by atoms with Gasteiger partial charge >= 0.3 is 0 Å². The zero-order chi connectivity index (χ0) is 13.5. The number of aromatic nitrogens is 2. The second kappa shape index (κ2) is 4.31. The molecular weight excluding hydrogens is 249 g/mol. The van der Waals surface area contributed by atoms with Crippen LogP contribution >= 0.6 is 0 Å². The topological polar surface area (TPSA) is 74.2 Å². The van der Waals surface area contributed by atoms with Crippen LogP contribution in [-0.2, 0) is 10.3 Å². The molecule has 0 amide bonds. The molecule has 1 atom stereocenters. The number of nitrogens with two attached hydrogens (primary N) is 1. The van der Waals surface area contributed by atoms with Crippen LogP contribution in [0.2, 0.25) is 0 Å². The molecule has 1 unspecified atom stereocenters. The van der Waals surface area contributed by atoms with Crippen LogP contribution in [0.1, 0.15) is 25.6 Å². The van der Waals surface area contributed by atoms with Gasteiger partial charge in [0, 0.05) is 12.3 Å². The van der Waals surface area contributed by atoms with Crippen LogP contribution in [0.25, 0.3) is 11.5 Å². The standard InChI is InChI=1S/C13H14FN3O2/c1-13(5-2-6-18-13)12-16-11(19-17-12)9-7-8(14)3-4-10(9)15/h3-4,7H,2,5-6,15H2,1H3. The second-order valence-electron chi connectivity index (χ2n) is 4.84. The van der Waals surface area contributed by atoms with Crippen LogP contribution in [0.15, 0.2) is 22.7 Å². The van der Waals surface area contributed by atoms with Gasteiger partial charge in [-0.3, -0.25) is 0 Å². The Morgan fingerprint density at radius 3 is 3.00 bits per heavy atom. The number of anilines is 1. The van der Waals surface area contributed by atoms with Crippen LogP contribution < -0.4 is 5.73 Å². The minimum Gasteiger partial charge on any atom is -0.398 e. The molecular formula is C13H14FN3O2. The van der Waals surface area contributed by atoms with Crippen LogP contribution in [0.5, 0.6) is 0 Å². The largest absolute Gasteiger partial charge is 0.398 e. The third kappa shape index (κ3) is 2.08. The predicted molar refractivity (Wildman–Crippen MR) is 66.6 cm³/mol. The minimum atomic E-state index is -0.524. The van der Waals surface area contributed by atoms with E-state index in [2.05, 4.69) is 10.1 Å². The predicted octanol–water partition coefficient (Wildman–Crippen LogP) is 2.48. The maximum atomic E-state index is 13.2. The first kappa shape index (κ1) is 12.1. The van der Waals surface area contributed by atoms with Gasteiger partial charge in [0.2, 0.25) is 5.82 Å². The Hall–Kier alpha value is -1.95. The Morgan fingerprint density at radius 1 is 1.42 bits per heavy atom. The summed E-state index contributed by atoms with van der Waals surface area (Å²) in [7, 11) is 0. The number of hydrogen-bond donors (Lipinski definition) is 1. The lowest BCUT2D eigenvalue weighted by Gasteiger charge is -2.17. The third-order valence-electron chi connectivity index (χ3n) is 3.36. The van der Waals surface area contributed by atoms with Gasteiger partial charge in [-0.25, -0.2) is 4.39 Å². The monoisotopic (exact) mass is 263 g/mol. The number of ether oxygens (including phenoxy) is 1. The van der Waals surface area contributed by atoms with Crippen molar-refractivity contribution in [3.05, 3.63) is 29.8 Å². The van der Waals surface area contributed by atoms with E-state index in [0.717, 1.165) is 12.8 Å². The number of halogens is 1. The Kier molecular flexibility index (Phi) is 2.74. The van der Waals surface area contributed by atoms with Crippen LogP contribution in [-0.4, -0.2) is 16.7 Å². The molecule has 1 aromatic heterocycles. The zero-order valence-electron chi connectivity index (χ0n) is 10.5. The summed E-state index contributed by atoms with van der Waals surface area (Å²) >= 11 is 0. The molecule has 0 aliphatic carbocycles. The highest BCUT2D eigenvalue weighted by Crippen LogP contribution is 2.35. The van der Waals surface area contributed by atoms with Crippen molar-refractivity contribution in [2.24, 2.45) is 0 Å². The van der Waals surface area contributed by atoms with Gasteiger partial charge in [-0.1, -0.05) is 5.16 Å². The molecule has 5 nitrogen and oxygen atoms in total. The number of hydrogen-bond acceptors (Lipinski definition) is 5. The van der Waals surface area contributed by atoms with Crippen LogP contribution in [0.3, 0.4) is 0 Å². The van der Waals surface area contributed by atoms with E-state index in [9.17, 15) is 4.39 Å². The van der Waals surface area contributed by atoms with Crippen molar-refractivity contribution in [2.75, 3.05) is 12.3 Å². The lowest BCUT2D eigenvalue weighted by molar-refractivity contribution is 0.00768. The first-order chi connectivity index (χ1) is 9.08. The van der Waals surface area contributed by atoms with Crippen LogP contribution in [0.4, 0.5) is 10.1 Å². The van der Waals surface area contributed by atoms with Gasteiger partial charge < -0.3 is 15.0 Å². The van der Waals surface area contributed by atoms with Gasteiger partial charge in [-0.2, -0.15) is 4.98 Å². The maximum Gasteiger partial charge on any atom is 0.260 e. The van der Waals surface area contributed by atoms with E-state index in [0.29, 0.717) is 23.7 Å². The van der Waals surface area contributed by atoms with E-state index in [1.54, 1.807) is 0 Å². The fraction of sp³-hybridized carbons (Fsp3) is 0.385. The third-order valence-corrected chi connectivity index (χ3v) is 3.36. The lowest BCUT2D eigenvalue weighted by Crippen LogP contribution is -2.21. The fourth-order valence-electron chi connectivity index (χ4n) is 2.22. The molecule has 0 radical (unpaired) electrons. The van der Waals surface area contributed by atoms with Gasteiger partial charge in [-0.15, -0.1) is 0 Å². The maximum absolute atomic E-state index is 13.2. The molecule has 0 spiro atoms. The molecule has 1 saturated heterocycles. The molecule has 1 aliphatic rings. The SMILES string of the molecule is CC1(c2noc(-c3cc(F)ccc3N)n2)CCCO1. The van der Waals surface area contributed by atoms with Crippen LogP contribution in [0, 0.1) is 5.82 Å². The molecule has 1 fully saturated rings. The highest BCUT2D eigenvalue weighted by atomic mass is 19.1. The lowest BCUT2D eigenvalue weighted by atomic mass is 10.0. The van der Waals surface area contributed by atoms with Crippen molar-refractivity contribution in [1.29, 1.82) is 0 Å². The molecule has 2 N–H and O–H groups in total. The smallest absolute Gasteiger partial charge is 0.260 e. The molecule has 2 aromatic rings. The van der Waals surface area contributed by atoms with Gasteiger partial charge in [0.05, 0.1) is 5.56 Å². The normalized spacial score (nSPS) is 22.8. The number of rotatable bonds is 2. The summed E-state index contributed by atoms with van der Waals surface area (Å²) in [5, 5.41) is 3.93. The average molecular weight is 263 g/mol.